The molecule has 5 nitrogen and oxygen atoms in total. The first-order valence-electron chi connectivity index (χ1n) is 8.09. The van der Waals surface area contributed by atoms with E-state index in [0.717, 1.165) is 25.0 Å². The first-order valence-corrected chi connectivity index (χ1v) is 8.09. The molecule has 0 N–H and O–H groups in total. The van der Waals surface area contributed by atoms with Crippen LogP contribution in [0.1, 0.15) is 76.9 Å². The summed E-state index contributed by atoms with van der Waals surface area (Å²) < 4.78 is 7.90. The minimum Gasteiger partial charge on any atom is -0.364 e. The molecular weight excluding hydrogens is 266 g/mol. The summed E-state index contributed by atoms with van der Waals surface area (Å²) in [6.07, 6.45) is 5.32. The van der Waals surface area contributed by atoms with E-state index in [0.29, 0.717) is 6.04 Å². The summed E-state index contributed by atoms with van der Waals surface area (Å²) in [5, 5.41) is 8.66. The van der Waals surface area contributed by atoms with Crippen molar-refractivity contribution >= 4 is 5.78 Å². The lowest BCUT2D eigenvalue weighted by atomic mass is 9.98. The lowest BCUT2D eigenvalue weighted by Gasteiger charge is -2.21. The van der Waals surface area contributed by atoms with Crippen molar-refractivity contribution in [3.63, 3.8) is 0 Å². The van der Waals surface area contributed by atoms with Crippen LogP contribution in [-0.2, 0) is 16.0 Å². The second kappa shape index (κ2) is 7.16. The van der Waals surface area contributed by atoms with Gasteiger partial charge in [-0.05, 0) is 33.1 Å². The van der Waals surface area contributed by atoms with E-state index in [1.165, 1.54) is 18.5 Å². The Morgan fingerprint density at radius 2 is 2.05 bits per heavy atom. The molecule has 2 rings (SSSR count). The predicted molar refractivity (Wildman–Crippen MR) is 81.1 cm³/mol. The molecule has 21 heavy (non-hydrogen) atoms. The van der Waals surface area contributed by atoms with Gasteiger partial charge in [-0.3, -0.25) is 4.79 Å². The molecule has 1 atom stereocenters. The second-order valence-electron chi connectivity index (χ2n) is 6.48. The first kappa shape index (κ1) is 16.1. The molecule has 1 aliphatic carbocycles. The van der Waals surface area contributed by atoms with Gasteiger partial charge in [-0.25, -0.2) is 4.68 Å². The van der Waals surface area contributed by atoms with Gasteiger partial charge in [0.2, 0.25) is 0 Å². The zero-order chi connectivity index (χ0) is 15.4. The van der Waals surface area contributed by atoms with E-state index < -0.39 is 0 Å². The fourth-order valence-electron chi connectivity index (χ4n) is 2.68. The Bertz CT molecular complexity index is 480. The van der Waals surface area contributed by atoms with Gasteiger partial charge in [0.1, 0.15) is 18.4 Å². The number of Topliss-reactive ketones (excluding diaryl/α,β-unsaturated/α-hetero) is 1. The Hall–Kier alpha value is -1.23. The number of ether oxygens (including phenoxy) is 1. The number of nitrogens with zero attached hydrogens (tertiary/aromatic N) is 3. The molecule has 0 radical (unpaired) electrons. The van der Waals surface area contributed by atoms with Crippen molar-refractivity contribution in [1.82, 2.24) is 15.0 Å². The quantitative estimate of drug-likeness (QED) is 0.836. The van der Waals surface area contributed by atoms with Gasteiger partial charge in [-0.15, -0.1) is 5.10 Å². The fraction of sp³-hybridized carbons (Fsp3) is 0.812. The molecule has 1 aromatic rings. The lowest BCUT2D eigenvalue weighted by molar-refractivity contribution is -0.129. The zero-order valence-electron chi connectivity index (χ0n) is 13.6. The fourth-order valence-corrected chi connectivity index (χ4v) is 2.68. The van der Waals surface area contributed by atoms with Gasteiger partial charge in [0.25, 0.3) is 0 Å². The topological polar surface area (TPSA) is 57.0 Å². The Kier molecular flexibility index (Phi) is 5.51. The molecule has 0 amide bonds. The molecular formula is C16H27N3O2. The van der Waals surface area contributed by atoms with Crippen LogP contribution in [0.4, 0.5) is 0 Å². The normalized spacial score (nSPS) is 19.4. The molecule has 1 aliphatic rings. The highest BCUT2D eigenvalue weighted by Gasteiger charge is 2.25. The van der Waals surface area contributed by atoms with Crippen LogP contribution in [0.25, 0.3) is 0 Å². The summed E-state index contributed by atoms with van der Waals surface area (Å²) in [7, 11) is 0. The van der Waals surface area contributed by atoms with Crippen molar-refractivity contribution in [2.45, 2.75) is 71.9 Å². The highest BCUT2D eigenvalue weighted by molar-refractivity contribution is 5.81. The van der Waals surface area contributed by atoms with Crippen molar-refractivity contribution in [2.24, 2.45) is 5.92 Å². The van der Waals surface area contributed by atoms with Crippen molar-refractivity contribution < 1.29 is 9.53 Å². The number of hydrogen-bond acceptors (Lipinski definition) is 4. The van der Waals surface area contributed by atoms with Crippen LogP contribution in [0.3, 0.4) is 0 Å². The maximum Gasteiger partial charge on any atom is 0.161 e. The molecule has 0 saturated heterocycles. The van der Waals surface area contributed by atoms with Gasteiger partial charge in [0, 0.05) is 12.0 Å². The van der Waals surface area contributed by atoms with E-state index in [2.05, 4.69) is 24.2 Å². The smallest absolute Gasteiger partial charge is 0.161 e. The molecule has 118 valence electrons. The van der Waals surface area contributed by atoms with Gasteiger partial charge >= 0.3 is 0 Å². The van der Waals surface area contributed by atoms with Crippen LogP contribution in [-0.4, -0.2) is 27.4 Å². The van der Waals surface area contributed by atoms with Crippen LogP contribution in [0, 0.1) is 5.92 Å². The van der Waals surface area contributed by atoms with Crippen molar-refractivity contribution in [3.8, 4) is 0 Å². The molecule has 0 aliphatic heterocycles. The van der Waals surface area contributed by atoms with Crippen LogP contribution in [0.2, 0.25) is 0 Å². The summed E-state index contributed by atoms with van der Waals surface area (Å²) in [6.45, 7) is 8.22. The second-order valence-corrected chi connectivity index (χ2v) is 6.48. The molecule has 0 bridgehead atoms. The highest BCUT2D eigenvalue weighted by Crippen LogP contribution is 2.30. The lowest BCUT2D eigenvalue weighted by Crippen LogP contribution is -2.19. The van der Waals surface area contributed by atoms with Gasteiger partial charge in [-0.1, -0.05) is 31.9 Å². The monoisotopic (exact) mass is 293 g/mol. The van der Waals surface area contributed by atoms with E-state index in [4.69, 9.17) is 4.74 Å². The summed E-state index contributed by atoms with van der Waals surface area (Å²) in [4.78, 5) is 11.8. The van der Waals surface area contributed by atoms with E-state index in [9.17, 15) is 4.79 Å². The predicted octanol–water partition coefficient (Wildman–Crippen LogP) is 3.26. The van der Waals surface area contributed by atoms with Crippen LogP contribution in [0.5, 0.6) is 0 Å². The first-order chi connectivity index (χ1) is 10.0. The molecule has 0 aromatic carbocycles. The molecule has 0 spiro atoms. The van der Waals surface area contributed by atoms with Gasteiger partial charge in [-0.2, -0.15) is 0 Å². The largest absolute Gasteiger partial charge is 0.364 e. The van der Waals surface area contributed by atoms with E-state index in [-0.39, 0.29) is 24.4 Å². The molecule has 5 heteroatoms. The van der Waals surface area contributed by atoms with Crippen molar-refractivity contribution in [2.75, 3.05) is 6.61 Å². The van der Waals surface area contributed by atoms with Gasteiger partial charge in [0.05, 0.1) is 5.69 Å². The number of carbonyl (C=O) groups excluding carboxylic acids is 1. The zero-order valence-corrected chi connectivity index (χ0v) is 13.6. The Morgan fingerprint density at radius 3 is 2.71 bits per heavy atom. The number of fused-ring (bicyclic) bond motifs is 1. The van der Waals surface area contributed by atoms with Gasteiger partial charge in [0.15, 0.2) is 5.78 Å². The van der Waals surface area contributed by atoms with Crippen LogP contribution >= 0.6 is 0 Å². The minimum absolute atomic E-state index is 0.0179. The van der Waals surface area contributed by atoms with E-state index in [1.807, 2.05) is 18.5 Å². The minimum atomic E-state index is -0.0875. The van der Waals surface area contributed by atoms with Crippen LogP contribution in [0.15, 0.2) is 0 Å². The van der Waals surface area contributed by atoms with Crippen molar-refractivity contribution in [1.29, 1.82) is 0 Å². The summed E-state index contributed by atoms with van der Waals surface area (Å²) >= 11 is 0. The number of hydrogen-bond donors (Lipinski definition) is 0. The maximum atomic E-state index is 11.8. The average Bonchev–Trinajstić information content (AvgIpc) is 2.81. The SMILES string of the molecule is CC(C)C(=O)COC1CCCCCc2c1nnn2C(C)C. The number of aromatic nitrogens is 3. The molecule has 0 saturated carbocycles. The van der Waals surface area contributed by atoms with E-state index >= 15 is 0 Å². The third kappa shape index (κ3) is 3.90. The van der Waals surface area contributed by atoms with Crippen molar-refractivity contribution in [3.05, 3.63) is 11.4 Å². The molecule has 1 aromatic heterocycles. The summed E-state index contributed by atoms with van der Waals surface area (Å²) in [5.74, 6) is 0.166. The highest BCUT2D eigenvalue weighted by atomic mass is 16.5. The Morgan fingerprint density at radius 1 is 1.29 bits per heavy atom. The Labute approximate surface area is 127 Å². The van der Waals surface area contributed by atoms with Crippen LogP contribution < -0.4 is 0 Å². The summed E-state index contributed by atoms with van der Waals surface area (Å²) in [6, 6.07) is 0.304. The third-order valence-electron chi connectivity index (χ3n) is 4.07. The third-order valence-corrected chi connectivity index (χ3v) is 4.07. The Balaban J connectivity index is 2.17. The number of carbonyl (C=O) groups is 1. The van der Waals surface area contributed by atoms with Gasteiger partial charge < -0.3 is 4.74 Å². The number of rotatable bonds is 5. The standard InChI is InChI=1S/C16H27N3O2/c1-11(2)14(20)10-21-15-9-7-5-6-8-13-16(15)17-18-19(13)12(3)4/h11-12,15H,5-10H2,1-4H3. The molecule has 1 heterocycles. The molecule has 1 unspecified atom stereocenters. The van der Waals surface area contributed by atoms with E-state index in [1.54, 1.807) is 0 Å². The number of ketones is 1. The maximum absolute atomic E-state index is 11.8. The molecule has 0 fully saturated rings. The average molecular weight is 293 g/mol. The summed E-state index contributed by atoms with van der Waals surface area (Å²) in [5.41, 5.74) is 2.13.